The molecule has 5 heteroatoms. The van der Waals surface area contributed by atoms with Crippen molar-refractivity contribution in [1.29, 1.82) is 0 Å². The molecule has 0 saturated carbocycles. The van der Waals surface area contributed by atoms with Crippen LogP contribution in [0.25, 0.3) is 11.3 Å². The van der Waals surface area contributed by atoms with Gasteiger partial charge in [0.15, 0.2) is 0 Å². The quantitative estimate of drug-likeness (QED) is 0.584. The Morgan fingerprint density at radius 3 is 2.26 bits per heavy atom. The van der Waals surface area contributed by atoms with E-state index in [1.165, 1.54) is 23.1 Å². The molecule has 0 N–H and O–H groups in total. The van der Waals surface area contributed by atoms with Gasteiger partial charge in [-0.05, 0) is 11.6 Å². The normalized spacial score (nSPS) is 18.9. The van der Waals surface area contributed by atoms with Crippen LogP contribution in [0.5, 0.6) is 0 Å². The van der Waals surface area contributed by atoms with Crippen LogP contribution in [0.4, 0.5) is 0 Å². The maximum Gasteiger partial charge on any atom is 0.105 e. The molecule has 1 heterocycles. The summed E-state index contributed by atoms with van der Waals surface area (Å²) in [6, 6.07) is 12.7. The molecule has 0 spiro atoms. The van der Waals surface area contributed by atoms with Crippen LogP contribution >= 0.6 is 0 Å². The number of hydrogen-bond donors (Lipinski definition) is 0. The summed E-state index contributed by atoms with van der Waals surface area (Å²) in [5.41, 5.74) is 5.29. The second-order valence-corrected chi connectivity index (χ2v) is 6.89. The SMILES string of the molecule is BC1(B)CC(B)(B)c2c1ccnc2-c1ccccc1. The Hall–Kier alpha value is -1.37. The van der Waals surface area contributed by atoms with Crippen LogP contribution in [-0.4, -0.2) is 36.4 Å². The molecule has 0 aliphatic heterocycles. The van der Waals surface area contributed by atoms with Crippen LogP contribution < -0.4 is 0 Å². The first-order valence-electron chi connectivity index (χ1n) is 6.97. The third-order valence-electron chi connectivity index (χ3n) is 4.29. The zero-order chi connectivity index (χ0) is 13.7. The van der Waals surface area contributed by atoms with Crippen molar-refractivity contribution >= 4 is 31.4 Å². The number of fused-ring (bicyclic) bond motifs is 1. The van der Waals surface area contributed by atoms with Crippen LogP contribution in [0.2, 0.25) is 0 Å². The molecule has 2 aromatic rings. The minimum Gasteiger partial charge on any atom is -0.256 e. The van der Waals surface area contributed by atoms with E-state index in [9.17, 15) is 0 Å². The molecule has 0 saturated heterocycles. The molecule has 3 rings (SSSR count). The van der Waals surface area contributed by atoms with Crippen molar-refractivity contribution in [3.63, 3.8) is 0 Å². The van der Waals surface area contributed by atoms with Crippen molar-refractivity contribution < 1.29 is 0 Å². The summed E-state index contributed by atoms with van der Waals surface area (Å²) in [5, 5.41) is 0.434. The predicted octanol–water partition coefficient (Wildman–Crippen LogP) is -1.01. The van der Waals surface area contributed by atoms with E-state index in [2.05, 4.69) is 72.8 Å². The smallest absolute Gasteiger partial charge is 0.105 e. The summed E-state index contributed by atoms with van der Waals surface area (Å²) < 4.78 is 0. The lowest BCUT2D eigenvalue weighted by atomic mass is 9.45. The average Bonchev–Trinajstić information content (AvgIpc) is 2.56. The minimum atomic E-state index is 0.193. The van der Waals surface area contributed by atoms with Gasteiger partial charge in [-0.2, -0.15) is 0 Å². The summed E-state index contributed by atoms with van der Waals surface area (Å²) in [7, 11) is 9.37. The molecule has 90 valence electrons. The fraction of sp³-hybridized carbons (Fsp3) is 0.214. The molecule has 0 fully saturated rings. The maximum atomic E-state index is 4.68. The van der Waals surface area contributed by atoms with Gasteiger partial charge in [-0.25, -0.2) is 0 Å². The van der Waals surface area contributed by atoms with E-state index in [0.717, 1.165) is 5.69 Å². The van der Waals surface area contributed by atoms with Crippen LogP contribution in [0, 0.1) is 0 Å². The van der Waals surface area contributed by atoms with E-state index in [1.807, 2.05) is 6.20 Å². The Bertz CT molecular complexity index is 623. The molecular weight excluding hydrogens is 225 g/mol. The first-order valence-corrected chi connectivity index (χ1v) is 6.97. The first-order chi connectivity index (χ1) is 8.92. The third kappa shape index (κ3) is 1.96. The Balaban J connectivity index is 2.29. The summed E-state index contributed by atoms with van der Waals surface area (Å²) >= 11 is 0. The second kappa shape index (κ2) is 4.06. The molecule has 1 aliphatic rings. The van der Waals surface area contributed by atoms with Crippen LogP contribution in [0.15, 0.2) is 42.6 Å². The van der Waals surface area contributed by atoms with Crippen molar-refractivity contribution in [1.82, 2.24) is 4.98 Å². The van der Waals surface area contributed by atoms with Crippen molar-refractivity contribution in [2.24, 2.45) is 0 Å². The van der Waals surface area contributed by atoms with Crippen molar-refractivity contribution in [3.05, 3.63) is 53.7 Å². The zero-order valence-electron chi connectivity index (χ0n) is 12.2. The number of benzene rings is 1. The molecule has 0 atom stereocenters. The number of hydrogen-bond acceptors (Lipinski definition) is 1. The zero-order valence-corrected chi connectivity index (χ0v) is 12.2. The largest absolute Gasteiger partial charge is 0.256 e. The molecule has 1 nitrogen and oxygen atoms in total. The van der Waals surface area contributed by atoms with Crippen LogP contribution in [0.1, 0.15) is 17.5 Å². The highest BCUT2D eigenvalue weighted by atomic mass is 14.7. The Labute approximate surface area is 118 Å². The van der Waals surface area contributed by atoms with Gasteiger partial charge in [-0.3, -0.25) is 4.98 Å². The molecule has 0 unspecified atom stereocenters. The van der Waals surface area contributed by atoms with Crippen LogP contribution in [0.3, 0.4) is 0 Å². The highest BCUT2D eigenvalue weighted by Crippen LogP contribution is 2.46. The topological polar surface area (TPSA) is 12.9 Å². The van der Waals surface area contributed by atoms with Gasteiger partial charge in [0, 0.05) is 11.8 Å². The second-order valence-electron chi connectivity index (χ2n) is 6.89. The van der Waals surface area contributed by atoms with Gasteiger partial charge < -0.3 is 0 Å². The third-order valence-corrected chi connectivity index (χ3v) is 4.29. The predicted molar refractivity (Wildman–Crippen MR) is 91.8 cm³/mol. The van der Waals surface area contributed by atoms with E-state index in [4.69, 9.17) is 0 Å². The molecule has 0 radical (unpaired) electrons. The van der Waals surface area contributed by atoms with E-state index >= 15 is 0 Å². The monoisotopic (exact) mass is 243 g/mol. The van der Waals surface area contributed by atoms with Crippen molar-refractivity contribution in [3.8, 4) is 11.3 Å². The summed E-state index contributed by atoms with van der Waals surface area (Å²) in [6.45, 7) is 0. The van der Waals surface area contributed by atoms with Gasteiger partial charge in [-0.1, -0.05) is 52.7 Å². The van der Waals surface area contributed by atoms with Gasteiger partial charge in [0.25, 0.3) is 0 Å². The molecule has 1 aliphatic carbocycles. The summed E-state index contributed by atoms with van der Waals surface area (Å²) in [6.07, 6.45) is 3.14. The Morgan fingerprint density at radius 2 is 1.58 bits per heavy atom. The highest BCUT2D eigenvalue weighted by Gasteiger charge is 2.43. The Morgan fingerprint density at radius 1 is 0.895 bits per heavy atom. The maximum absolute atomic E-state index is 4.68. The number of aromatic nitrogens is 1. The first kappa shape index (κ1) is 12.7. The number of nitrogens with zero attached hydrogens (tertiary/aromatic N) is 1. The fourth-order valence-electron chi connectivity index (χ4n) is 3.81. The van der Waals surface area contributed by atoms with E-state index < -0.39 is 0 Å². The van der Waals surface area contributed by atoms with E-state index in [1.54, 1.807) is 0 Å². The summed E-state index contributed by atoms with van der Waals surface area (Å²) in [5.74, 6) is 0. The van der Waals surface area contributed by atoms with Gasteiger partial charge in [-0.15, -0.1) is 0 Å². The van der Waals surface area contributed by atoms with Gasteiger partial charge in [0.1, 0.15) is 31.4 Å². The van der Waals surface area contributed by atoms with E-state index in [-0.39, 0.29) is 10.4 Å². The molecule has 19 heavy (non-hydrogen) atoms. The molecule has 0 amide bonds. The lowest BCUT2D eigenvalue weighted by Gasteiger charge is -2.23. The minimum absolute atomic E-state index is 0.193. The lowest BCUT2D eigenvalue weighted by Crippen LogP contribution is -2.30. The highest BCUT2D eigenvalue weighted by molar-refractivity contribution is 6.47. The van der Waals surface area contributed by atoms with Crippen molar-refractivity contribution in [2.45, 2.75) is 16.8 Å². The van der Waals surface area contributed by atoms with E-state index in [0.29, 0.717) is 0 Å². The standard InChI is InChI=1S/C14H17B4N/c15-13(16)8-14(17,18)11-10(13)6-7-19-12(11)9-4-2-1-3-5-9/h1-7H,8,15-18H2. The van der Waals surface area contributed by atoms with Gasteiger partial charge >= 0.3 is 0 Å². The number of rotatable bonds is 1. The number of pyridine rings is 1. The summed E-state index contributed by atoms with van der Waals surface area (Å²) in [4.78, 5) is 4.68. The molecule has 0 bridgehead atoms. The Kier molecular flexibility index (Phi) is 2.70. The van der Waals surface area contributed by atoms with Crippen LogP contribution in [-0.2, 0) is 10.4 Å². The van der Waals surface area contributed by atoms with Crippen molar-refractivity contribution in [2.75, 3.05) is 0 Å². The molecular formula is C14H17B4N. The molecule has 1 aromatic heterocycles. The lowest BCUT2D eigenvalue weighted by molar-refractivity contribution is 0.741. The van der Waals surface area contributed by atoms with Gasteiger partial charge in [0.05, 0.1) is 5.69 Å². The fourth-order valence-corrected chi connectivity index (χ4v) is 3.81. The van der Waals surface area contributed by atoms with Gasteiger partial charge in [0.2, 0.25) is 0 Å². The average molecular weight is 243 g/mol. The molecule has 1 aromatic carbocycles.